The van der Waals surface area contributed by atoms with Crippen molar-refractivity contribution in [2.75, 3.05) is 11.4 Å². The summed E-state index contributed by atoms with van der Waals surface area (Å²) in [4.78, 5) is 19.5. The van der Waals surface area contributed by atoms with E-state index in [0.29, 0.717) is 34.7 Å². The van der Waals surface area contributed by atoms with Crippen molar-refractivity contribution in [3.8, 4) is 0 Å². The molecule has 5 nitrogen and oxygen atoms in total. The molecule has 1 aliphatic heterocycles. The summed E-state index contributed by atoms with van der Waals surface area (Å²) < 4.78 is 16.6. The van der Waals surface area contributed by atoms with Gasteiger partial charge in [0.2, 0.25) is 0 Å². The molecular formula is C22H22FN3O2. The van der Waals surface area contributed by atoms with Crippen LogP contribution in [0.25, 0.3) is 11.0 Å². The Kier molecular flexibility index (Phi) is 3.81. The number of aromatic nitrogens is 2. The number of halogens is 1. The molecule has 144 valence electrons. The number of hydrogen-bond donors (Lipinski definition) is 1. The van der Waals surface area contributed by atoms with Crippen LogP contribution in [0.15, 0.2) is 36.4 Å². The van der Waals surface area contributed by atoms with Crippen LogP contribution in [-0.4, -0.2) is 27.1 Å². The van der Waals surface area contributed by atoms with Crippen LogP contribution in [-0.2, 0) is 19.1 Å². The van der Waals surface area contributed by atoms with Crippen molar-refractivity contribution in [2.24, 2.45) is 7.05 Å². The van der Waals surface area contributed by atoms with Gasteiger partial charge in [0.15, 0.2) is 0 Å². The predicted molar refractivity (Wildman–Crippen MR) is 105 cm³/mol. The number of rotatable bonds is 2. The molecule has 1 aliphatic carbocycles. The summed E-state index contributed by atoms with van der Waals surface area (Å²) in [5, 5.41) is 9.43. The van der Waals surface area contributed by atoms with E-state index in [4.69, 9.17) is 0 Å². The Morgan fingerprint density at radius 3 is 2.79 bits per heavy atom. The van der Waals surface area contributed by atoms with E-state index >= 15 is 0 Å². The van der Waals surface area contributed by atoms with Gasteiger partial charge in [-0.25, -0.2) is 9.37 Å². The lowest BCUT2D eigenvalue weighted by Crippen LogP contribution is -2.35. The maximum atomic E-state index is 14.7. The molecule has 28 heavy (non-hydrogen) atoms. The third-order valence-electron chi connectivity index (χ3n) is 6.44. The number of benzene rings is 2. The minimum atomic E-state index is -0.254. The molecule has 0 radical (unpaired) electrons. The number of nitrogens with zero attached hydrogens (tertiary/aromatic N) is 3. The zero-order valence-electron chi connectivity index (χ0n) is 15.8. The summed E-state index contributed by atoms with van der Waals surface area (Å²) in [6.45, 7) is 0.375. The molecule has 1 N–H and O–H groups in total. The summed E-state index contributed by atoms with van der Waals surface area (Å²) in [6, 6.07) is 10.4. The number of hydrogen-bond acceptors (Lipinski definition) is 3. The van der Waals surface area contributed by atoms with Crippen molar-refractivity contribution in [1.29, 1.82) is 0 Å². The van der Waals surface area contributed by atoms with Crippen LogP contribution in [0.3, 0.4) is 0 Å². The van der Waals surface area contributed by atoms with Gasteiger partial charge in [0.25, 0.3) is 5.91 Å². The van der Waals surface area contributed by atoms with Crippen molar-refractivity contribution in [2.45, 2.75) is 37.7 Å². The Balaban J connectivity index is 1.58. The number of carbonyl (C=O) groups is 1. The number of imidazole rings is 1. The highest BCUT2D eigenvalue weighted by Crippen LogP contribution is 2.51. The first-order chi connectivity index (χ1) is 13.5. The smallest absolute Gasteiger partial charge is 0.258 e. The number of aliphatic hydroxyl groups excluding tert-OH is 1. The van der Waals surface area contributed by atoms with Gasteiger partial charge < -0.3 is 14.6 Å². The molecule has 0 atom stereocenters. The lowest BCUT2D eigenvalue weighted by molar-refractivity contribution is 0.0985. The molecule has 1 saturated carbocycles. The largest absolute Gasteiger partial charge is 0.388 e. The fourth-order valence-electron chi connectivity index (χ4n) is 5.05. The molecule has 0 unspecified atom stereocenters. The van der Waals surface area contributed by atoms with E-state index in [0.717, 1.165) is 31.2 Å². The lowest BCUT2D eigenvalue weighted by Gasteiger charge is -2.25. The average Bonchev–Trinajstić information content (AvgIpc) is 3.39. The highest BCUT2D eigenvalue weighted by molar-refractivity contribution is 6.09. The first-order valence-corrected chi connectivity index (χ1v) is 9.71. The highest BCUT2D eigenvalue weighted by Gasteiger charge is 2.48. The number of fused-ring (bicyclic) bond motifs is 3. The summed E-state index contributed by atoms with van der Waals surface area (Å²) in [5.41, 5.74) is 3.22. The summed E-state index contributed by atoms with van der Waals surface area (Å²) >= 11 is 0. The topological polar surface area (TPSA) is 58.4 Å². The molecular weight excluding hydrogens is 357 g/mol. The van der Waals surface area contributed by atoms with Crippen LogP contribution in [0.5, 0.6) is 0 Å². The molecule has 2 heterocycles. The van der Waals surface area contributed by atoms with Crippen LogP contribution in [0, 0.1) is 5.82 Å². The van der Waals surface area contributed by atoms with Gasteiger partial charge in [-0.05, 0) is 43.2 Å². The van der Waals surface area contributed by atoms with Crippen molar-refractivity contribution < 1.29 is 14.3 Å². The summed E-state index contributed by atoms with van der Waals surface area (Å²) in [7, 11) is 1.84. The molecule has 2 aliphatic rings. The number of anilines is 1. The summed E-state index contributed by atoms with van der Waals surface area (Å²) in [6.07, 6.45) is 3.98. The molecule has 2 aromatic carbocycles. The van der Waals surface area contributed by atoms with E-state index in [-0.39, 0.29) is 23.7 Å². The first-order valence-electron chi connectivity index (χ1n) is 9.71. The Labute approximate surface area is 162 Å². The number of aryl methyl sites for hydroxylation is 1. The second-order valence-electron chi connectivity index (χ2n) is 7.96. The predicted octanol–water partition coefficient (Wildman–Crippen LogP) is 3.68. The minimum Gasteiger partial charge on any atom is -0.388 e. The second-order valence-corrected chi connectivity index (χ2v) is 7.96. The number of amides is 1. The van der Waals surface area contributed by atoms with Crippen molar-refractivity contribution in [3.63, 3.8) is 0 Å². The third-order valence-corrected chi connectivity index (χ3v) is 6.44. The zero-order chi connectivity index (χ0) is 19.5. The van der Waals surface area contributed by atoms with Crippen LogP contribution >= 0.6 is 0 Å². The summed E-state index contributed by atoms with van der Waals surface area (Å²) in [5.74, 6) is 0.217. The van der Waals surface area contributed by atoms with Crippen molar-refractivity contribution in [3.05, 3.63) is 59.2 Å². The van der Waals surface area contributed by atoms with Gasteiger partial charge in [-0.1, -0.05) is 18.9 Å². The van der Waals surface area contributed by atoms with E-state index in [1.54, 1.807) is 23.1 Å². The quantitative estimate of drug-likeness (QED) is 0.739. The van der Waals surface area contributed by atoms with E-state index in [2.05, 4.69) is 4.98 Å². The molecule has 3 aromatic rings. The Morgan fingerprint density at radius 2 is 2.04 bits per heavy atom. The Hall–Kier alpha value is -2.73. The maximum Gasteiger partial charge on any atom is 0.258 e. The third kappa shape index (κ3) is 2.34. The highest BCUT2D eigenvalue weighted by atomic mass is 19.1. The SMILES string of the molecule is Cn1c(CO)nc2cc(C(=O)N3CC4(CCCC4)c4c(F)cccc43)ccc21. The van der Waals surface area contributed by atoms with Gasteiger partial charge in [0.1, 0.15) is 18.2 Å². The van der Waals surface area contributed by atoms with Crippen LogP contribution in [0.1, 0.15) is 47.4 Å². The Bertz CT molecular complexity index is 1100. The zero-order valence-corrected chi connectivity index (χ0v) is 15.8. The van der Waals surface area contributed by atoms with Gasteiger partial charge in [-0.2, -0.15) is 0 Å². The van der Waals surface area contributed by atoms with E-state index < -0.39 is 0 Å². The molecule has 0 saturated heterocycles. The van der Waals surface area contributed by atoms with Crippen LogP contribution in [0.2, 0.25) is 0 Å². The van der Waals surface area contributed by atoms with E-state index in [1.165, 1.54) is 6.07 Å². The lowest BCUT2D eigenvalue weighted by atomic mass is 9.80. The Morgan fingerprint density at radius 1 is 1.25 bits per heavy atom. The fraction of sp³-hybridized carbons (Fsp3) is 0.364. The first kappa shape index (κ1) is 17.4. The van der Waals surface area contributed by atoms with Crippen LogP contribution in [0.4, 0.5) is 10.1 Å². The molecule has 6 heteroatoms. The number of aliphatic hydroxyl groups is 1. The van der Waals surface area contributed by atoms with Crippen molar-refractivity contribution in [1.82, 2.24) is 9.55 Å². The van der Waals surface area contributed by atoms with E-state index in [1.807, 2.05) is 23.7 Å². The van der Waals surface area contributed by atoms with E-state index in [9.17, 15) is 14.3 Å². The van der Waals surface area contributed by atoms with Gasteiger partial charge >= 0.3 is 0 Å². The van der Waals surface area contributed by atoms with Crippen molar-refractivity contribution >= 4 is 22.6 Å². The number of carbonyl (C=O) groups excluding carboxylic acids is 1. The fourth-order valence-corrected chi connectivity index (χ4v) is 5.05. The molecule has 5 rings (SSSR count). The molecule has 1 fully saturated rings. The molecule has 1 aromatic heterocycles. The van der Waals surface area contributed by atoms with Crippen LogP contribution < -0.4 is 4.90 Å². The molecule has 0 bridgehead atoms. The monoisotopic (exact) mass is 379 g/mol. The molecule has 1 spiro atoms. The van der Waals surface area contributed by atoms with Gasteiger partial charge in [-0.15, -0.1) is 0 Å². The molecule has 1 amide bonds. The average molecular weight is 379 g/mol. The van der Waals surface area contributed by atoms with Gasteiger partial charge in [0.05, 0.1) is 16.7 Å². The second kappa shape index (κ2) is 6.14. The van der Waals surface area contributed by atoms with Gasteiger partial charge in [0, 0.05) is 30.1 Å². The normalized spacial score (nSPS) is 17.6. The standard InChI is InChI=1S/C22H22FN3O2/c1-25-17-8-7-14(11-16(17)24-19(25)12-27)21(28)26-13-22(9-2-3-10-22)20-15(23)5-4-6-18(20)26/h4-8,11,27H,2-3,9-10,12-13H2,1H3. The van der Waals surface area contributed by atoms with Gasteiger partial charge in [-0.3, -0.25) is 4.79 Å². The maximum absolute atomic E-state index is 14.7. The minimum absolute atomic E-state index is 0.131.